The van der Waals surface area contributed by atoms with Gasteiger partial charge in [0.2, 0.25) is 5.91 Å². The number of carbonyl (C=O) groups is 3. The van der Waals surface area contributed by atoms with Crippen molar-refractivity contribution in [1.82, 2.24) is 15.1 Å². The lowest BCUT2D eigenvalue weighted by Gasteiger charge is -2.36. The van der Waals surface area contributed by atoms with Crippen LogP contribution >= 0.6 is 22.7 Å². The molecule has 1 saturated heterocycles. The Morgan fingerprint density at radius 3 is 2.60 bits per heavy atom. The number of rotatable bonds is 7. The summed E-state index contributed by atoms with van der Waals surface area (Å²) < 4.78 is 0. The molecule has 2 aliphatic rings. The predicted octanol–water partition coefficient (Wildman–Crippen LogP) is 3.88. The standard InChI is InChI=1S/C22H27N3O3S2/c1-16-6-2-3-10-22(16)20(27)25(21(28)23-22)15-19(26)24(14-18-8-5-13-30-18)11-9-17-7-4-12-29-17/h4-5,7-8,12-13,16H,2-3,6,9-11,14-15H2,1H3,(H,23,28). The first-order chi connectivity index (χ1) is 14.5. The fourth-order valence-electron chi connectivity index (χ4n) is 4.46. The van der Waals surface area contributed by atoms with E-state index in [4.69, 9.17) is 0 Å². The molecule has 1 N–H and O–H groups in total. The number of nitrogens with one attached hydrogen (secondary N) is 1. The van der Waals surface area contributed by atoms with E-state index < -0.39 is 11.6 Å². The fraction of sp³-hybridized carbons (Fsp3) is 0.500. The summed E-state index contributed by atoms with van der Waals surface area (Å²) in [7, 11) is 0. The van der Waals surface area contributed by atoms with Crippen LogP contribution in [-0.2, 0) is 22.6 Å². The first-order valence-corrected chi connectivity index (χ1v) is 12.2. The normalized spacial score (nSPS) is 23.8. The van der Waals surface area contributed by atoms with Crippen molar-refractivity contribution in [2.75, 3.05) is 13.1 Å². The van der Waals surface area contributed by atoms with Crippen molar-refractivity contribution in [2.45, 2.75) is 51.1 Å². The molecule has 1 saturated carbocycles. The lowest BCUT2D eigenvalue weighted by atomic mass is 9.73. The quantitative estimate of drug-likeness (QED) is 0.658. The summed E-state index contributed by atoms with van der Waals surface area (Å²) in [6.45, 7) is 2.87. The van der Waals surface area contributed by atoms with Crippen molar-refractivity contribution in [3.63, 3.8) is 0 Å². The molecule has 0 aromatic carbocycles. The SMILES string of the molecule is CC1CCCCC12NC(=O)N(CC(=O)N(CCc1cccs1)Cc1cccs1)C2=O. The van der Waals surface area contributed by atoms with Crippen LogP contribution in [0.15, 0.2) is 35.0 Å². The van der Waals surface area contributed by atoms with Gasteiger partial charge in [-0.05, 0) is 48.1 Å². The third kappa shape index (κ3) is 4.16. The third-order valence-electron chi connectivity index (χ3n) is 6.28. The van der Waals surface area contributed by atoms with Gasteiger partial charge < -0.3 is 10.2 Å². The number of hydrogen-bond donors (Lipinski definition) is 1. The van der Waals surface area contributed by atoms with Crippen LogP contribution in [-0.4, -0.2) is 46.3 Å². The summed E-state index contributed by atoms with van der Waals surface area (Å²) in [5.74, 6) is -0.338. The zero-order chi connectivity index (χ0) is 21.1. The van der Waals surface area contributed by atoms with Gasteiger partial charge in [-0.2, -0.15) is 0 Å². The molecule has 6 nitrogen and oxygen atoms in total. The molecule has 1 spiro atoms. The van der Waals surface area contributed by atoms with E-state index in [0.717, 1.165) is 35.5 Å². The van der Waals surface area contributed by atoms with E-state index in [1.165, 1.54) is 4.88 Å². The molecule has 3 heterocycles. The van der Waals surface area contributed by atoms with Gasteiger partial charge in [0, 0.05) is 16.3 Å². The van der Waals surface area contributed by atoms with E-state index in [9.17, 15) is 14.4 Å². The molecule has 30 heavy (non-hydrogen) atoms. The van der Waals surface area contributed by atoms with E-state index >= 15 is 0 Å². The number of carbonyl (C=O) groups excluding carboxylic acids is 3. The number of urea groups is 1. The molecule has 2 aromatic rings. The molecule has 2 atom stereocenters. The largest absolute Gasteiger partial charge is 0.336 e. The molecule has 160 valence electrons. The minimum absolute atomic E-state index is 0.0869. The number of nitrogens with zero attached hydrogens (tertiary/aromatic N) is 2. The van der Waals surface area contributed by atoms with Gasteiger partial charge in [-0.3, -0.25) is 14.5 Å². The zero-order valence-electron chi connectivity index (χ0n) is 17.1. The lowest BCUT2D eigenvalue weighted by Crippen LogP contribution is -2.54. The molecule has 1 aliphatic carbocycles. The summed E-state index contributed by atoms with van der Waals surface area (Å²) in [6.07, 6.45) is 4.32. The Bertz CT molecular complexity index is 897. The summed E-state index contributed by atoms with van der Waals surface area (Å²) in [5, 5.41) is 6.95. The Labute approximate surface area is 184 Å². The molecule has 4 amide bonds. The molecule has 0 bridgehead atoms. The molecule has 2 aromatic heterocycles. The van der Waals surface area contributed by atoms with Crippen molar-refractivity contribution >= 4 is 40.5 Å². The highest BCUT2D eigenvalue weighted by Crippen LogP contribution is 2.38. The Morgan fingerprint density at radius 1 is 1.20 bits per heavy atom. The molecule has 4 rings (SSSR count). The van der Waals surface area contributed by atoms with Gasteiger partial charge in [0.15, 0.2) is 0 Å². The smallest absolute Gasteiger partial charge is 0.325 e. The predicted molar refractivity (Wildman–Crippen MR) is 118 cm³/mol. The van der Waals surface area contributed by atoms with E-state index in [1.54, 1.807) is 27.6 Å². The average Bonchev–Trinajstić information content (AvgIpc) is 3.47. The van der Waals surface area contributed by atoms with Gasteiger partial charge in [0.05, 0.1) is 6.54 Å². The van der Waals surface area contributed by atoms with Crippen LogP contribution in [0.2, 0.25) is 0 Å². The summed E-state index contributed by atoms with van der Waals surface area (Å²) in [6, 6.07) is 7.60. The maximum absolute atomic E-state index is 13.2. The van der Waals surface area contributed by atoms with Crippen LogP contribution in [0.25, 0.3) is 0 Å². The van der Waals surface area contributed by atoms with E-state index in [-0.39, 0.29) is 24.3 Å². The van der Waals surface area contributed by atoms with Crippen LogP contribution < -0.4 is 5.32 Å². The molecular formula is C22H27N3O3S2. The number of imide groups is 1. The zero-order valence-corrected chi connectivity index (χ0v) is 18.8. The molecule has 2 fully saturated rings. The Balaban J connectivity index is 1.47. The van der Waals surface area contributed by atoms with Gasteiger partial charge in [-0.1, -0.05) is 31.9 Å². The van der Waals surface area contributed by atoms with Gasteiger partial charge in [0.25, 0.3) is 5.91 Å². The van der Waals surface area contributed by atoms with Crippen LogP contribution in [0.4, 0.5) is 4.79 Å². The van der Waals surface area contributed by atoms with Gasteiger partial charge >= 0.3 is 6.03 Å². The lowest BCUT2D eigenvalue weighted by molar-refractivity contribution is -0.140. The van der Waals surface area contributed by atoms with E-state index in [1.807, 2.05) is 35.9 Å². The highest BCUT2D eigenvalue weighted by atomic mass is 32.1. The average molecular weight is 446 g/mol. The topological polar surface area (TPSA) is 69.7 Å². The van der Waals surface area contributed by atoms with Gasteiger partial charge in [-0.15, -0.1) is 22.7 Å². The maximum Gasteiger partial charge on any atom is 0.325 e. The first-order valence-electron chi connectivity index (χ1n) is 10.5. The van der Waals surface area contributed by atoms with Crippen LogP contribution in [0, 0.1) is 5.92 Å². The molecule has 2 unspecified atom stereocenters. The van der Waals surface area contributed by atoms with Gasteiger partial charge in [-0.25, -0.2) is 4.79 Å². The number of hydrogen-bond acceptors (Lipinski definition) is 5. The monoisotopic (exact) mass is 445 g/mol. The summed E-state index contributed by atoms with van der Waals surface area (Å²) in [5.41, 5.74) is -0.828. The van der Waals surface area contributed by atoms with Crippen molar-refractivity contribution in [3.05, 3.63) is 44.8 Å². The molecule has 0 radical (unpaired) electrons. The maximum atomic E-state index is 13.2. The second kappa shape index (κ2) is 8.89. The van der Waals surface area contributed by atoms with E-state index in [2.05, 4.69) is 11.4 Å². The minimum atomic E-state index is -0.828. The van der Waals surface area contributed by atoms with Crippen molar-refractivity contribution in [3.8, 4) is 0 Å². The summed E-state index contributed by atoms with van der Waals surface area (Å²) in [4.78, 5) is 44.2. The van der Waals surface area contributed by atoms with E-state index in [0.29, 0.717) is 19.5 Å². The molecular weight excluding hydrogens is 418 g/mol. The Kier molecular flexibility index (Phi) is 6.24. The van der Waals surface area contributed by atoms with Crippen molar-refractivity contribution < 1.29 is 14.4 Å². The minimum Gasteiger partial charge on any atom is -0.336 e. The Hall–Kier alpha value is -2.19. The highest BCUT2D eigenvalue weighted by molar-refractivity contribution is 7.10. The third-order valence-corrected chi connectivity index (χ3v) is 8.08. The number of thiophene rings is 2. The van der Waals surface area contributed by atoms with Crippen LogP contribution in [0.3, 0.4) is 0 Å². The molecule has 1 aliphatic heterocycles. The second-order valence-electron chi connectivity index (χ2n) is 8.16. The number of amides is 4. The fourth-order valence-corrected chi connectivity index (χ4v) is 5.87. The summed E-state index contributed by atoms with van der Waals surface area (Å²) >= 11 is 3.27. The van der Waals surface area contributed by atoms with Crippen molar-refractivity contribution in [1.29, 1.82) is 0 Å². The first kappa shape index (κ1) is 21.1. The van der Waals surface area contributed by atoms with Crippen LogP contribution in [0.5, 0.6) is 0 Å². The van der Waals surface area contributed by atoms with Crippen LogP contribution in [0.1, 0.15) is 42.4 Å². The second-order valence-corrected chi connectivity index (χ2v) is 10.2. The highest BCUT2D eigenvalue weighted by Gasteiger charge is 2.55. The van der Waals surface area contributed by atoms with Crippen molar-refractivity contribution in [2.24, 2.45) is 5.92 Å². The van der Waals surface area contributed by atoms with Gasteiger partial charge in [0.1, 0.15) is 12.1 Å². The Morgan fingerprint density at radius 2 is 1.93 bits per heavy atom. The molecule has 8 heteroatoms.